The number of nitrogens with one attached hydrogen (secondary N) is 1. The normalized spacial score (nSPS) is 15.0. The van der Waals surface area contributed by atoms with Crippen molar-refractivity contribution in [3.63, 3.8) is 0 Å². The first-order chi connectivity index (χ1) is 5.94. The fraction of sp³-hybridized carbons (Fsp3) is 1.00. The van der Waals surface area contributed by atoms with Gasteiger partial charge < -0.3 is 0 Å². The van der Waals surface area contributed by atoms with E-state index in [0.29, 0.717) is 11.5 Å². The molecular formula is C11H26N2. The molecular weight excluding hydrogens is 160 g/mol. The molecule has 0 aliphatic carbocycles. The summed E-state index contributed by atoms with van der Waals surface area (Å²) in [6.45, 7) is 11.3. The third-order valence-corrected chi connectivity index (χ3v) is 3.09. The Labute approximate surface area is 83.2 Å². The zero-order valence-corrected chi connectivity index (χ0v) is 9.85. The summed E-state index contributed by atoms with van der Waals surface area (Å²) in [7, 11) is 0. The maximum absolute atomic E-state index is 5.57. The minimum absolute atomic E-state index is 0.309. The van der Waals surface area contributed by atoms with Gasteiger partial charge in [-0.3, -0.25) is 11.3 Å². The zero-order valence-electron chi connectivity index (χ0n) is 9.85. The average molecular weight is 186 g/mol. The molecule has 0 amide bonds. The van der Waals surface area contributed by atoms with E-state index in [-0.39, 0.29) is 0 Å². The summed E-state index contributed by atoms with van der Waals surface area (Å²) in [5.74, 6) is 6.34. The first-order valence-electron chi connectivity index (χ1n) is 5.40. The van der Waals surface area contributed by atoms with E-state index in [1.54, 1.807) is 0 Å². The molecule has 0 aromatic rings. The van der Waals surface area contributed by atoms with Crippen LogP contribution in [0.1, 0.15) is 53.9 Å². The van der Waals surface area contributed by atoms with Gasteiger partial charge in [0, 0.05) is 6.04 Å². The highest BCUT2D eigenvalue weighted by Crippen LogP contribution is 2.28. The van der Waals surface area contributed by atoms with E-state index < -0.39 is 0 Å². The molecule has 1 atom stereocenters. The number of hydrogen-bond acceptors (Lipinski definition) is 2. The maximum atomic E-state index is 5.57. The van der Waals surface area contributed by atoms with Gasteiger partial charge in [0.1, 0.15) is 0 Å². The Balaban J connectivity index is 4.02. The molecule has 0 spiro atoms. The molecule has 0 aliphatic rings. The summed E-state index contributed by atoms with van der Waals surface area (Å²) in [5, 5.41) is 0. The van der Waals surface area contributed by atoms with Crippen molar-refractivity contribution in [1.82, 2.24) is 5.43 Å². The van der Waals surface area contributed by atoms with Crippen molar-refractivity contribution in [3.05, 3.63) is 0 Å². The fourth-order valence-electron chi connectivity index (χ4n) is 1.45. The molecule has 3 N–H and O–H groups in total. The summed E-state index contributed by atoms with van der Waals surface area (Å²) in [4.78, 5) is 0. The van der Waals surface area contributed by atoms with Crippen LogP contribution in [0.15, 0.2) is 0 Å². The molecule has 0 aromatic carbocycles. The molecule has 2 heteroatoms. The Morgan fingerprint density at radius 3 is 2.08 bits per heavy atom. The first-order valence-corrected chi connectivity index (χ1v) is 5.40. The Morgan fingerprint density at radius 1 is 1.23 bits per heavy atom. The van der Waals surface area contributed by atoms with Gasteiger partial charge in [-0.25, -0.2) is 0 Å². The molecule has 0 rings (SSSR count). The Bertz CT molecular complexity index is 130. The summed E-state index contributed by atoms with van der Waals surface area (Å²) in [6, 6.07) is 0.444. The van der Waals surface area contributed by atoms with Gasteiger partial charge in [0.2, 0.25) is 0 Å². The van der Waals surface area contributed by atoms with Gasteiger partial charge in [0.25, 0.3) is 0 Å². The minimum Gasteiger partial charge on any atom is -0.271 e. The van der Waals surface area contributed by atoms with Crippen molar-refractivity contribution in [1.29, 1.82) is 0 Å². The Kier molecular flexibility index (Phi) is 5.57. The van der Waals surface area contributed by atoms with Gasteiger partial charge in [-0.1, -0.05) is 34.6 Å². The maximum Gasteiger partial charge on any atom is 0.0261 e. The van der Waals surface area contributed by atoms with Crippen LogP contribution in [0.25, 0.3) is 0 Å². The molecule has 0 fully saturated rings. The third kappa shape index (κ3) is 4.63. The molecule has 0 heterocycles. The van der Waals surface area contributed by atoms with E-state index >= 15 is 0 Å². The van der Waals surface area contributed by atoms with Crippen molar-refractivity contribution >= 4 is 0 Å². The molecule has 0 saturated heterocycles. The van der Waals surface area contributed by atoms with E-state index in [0.717, 1.165) is 5.92 Å². The summed E-state index contributed by atoms with van der Waals surface area (Å²) in [6.07, 6.45) is 3.59. The lowest BCUT2D eigenvalue weighted by atomic mass is 9.79. The van der Waals surface area contributed by atoms with Crippen molar-refractivity contribution in [3.8, 4) is 0 Å². The number of hydrazine groups is 1. The first kappa shape index (κ1) is 12.9. The number of nitrogens with two attached hydrogens (primary N) is 1. The smallest absolute Gasteiger partial charge is 0.0261 e. The van der Waals surface area contributed by atoms with Gasteiger partial charge in [0.15, 0.2) is 0 Å². The Morgan fingerprint density at radius 2 is 1.77 bits per heavy atom. The lowest BCUT2D eigenvalue weighted by Crippen LogP contribution is -2.45. The second-order valence-electron chi connectivity index (χ2n) is 5.03. The van der Waals surface area contributed by atoms with Crippen molar-refractivity contribution in [2.24, 2.45) is 17.2 Å². The van der Waals surface area contributed by atoms with Crippen LogP contribution in [0.4, 0.5) is 0 Å². The number of rotatable bonds is 6. The summed E-state index contributed by atoms with van der Waals surface area (Å²) < 4.78 is 0. The van der Waals surface area contributed by atoms with E-state index in [4.69, 9.17) is 5.84 Å². The van der Waals surface area contributed by atoms with Gasteiger partial charge in [-0.15, -0.1) is 0 Å². The van der Waals surface area contributed by atoms with Crippen LogP contribution in [0.5, 0.6) is 0 Å². The van der Waals surface area contributed by atoms with Crippen molar-refractivity contribution < 1.29 is 0 Å². The van der Waals surface area contributed by atoms with Crippen molar-refractivity contribution in [2.45, 2.75) is 59.9 Å². The quantitative estimate of drug-likeness (QED) is 0.494. The highest BCUT2D eigenvalue weighted by molar-refractivity contribution is 4.81. The molecule has 0 radical (unpaired) electrons. The van der Waals surface area contributed by atoms with E-state index in [1.807, 2.05) is 0 Å². The standard InChI is InChI=1S/C11H26N2/c1-6-11(4,5)10(13-12)8-7-9(2)3/h9-10,13H,6-8,12H2,1-5H3. The van der Waals surface area contributed by atoms with Crippen LogP contribution in [-0.4, -0.2) is 6.04 Å². The lowest BCUT2D eigenvalue weighted by molar-refractivity contribution is 0.213. The predicted octanol–water partition coefficient (Wildman–Crippen LogP) is 2.69. The lowest BCUT2D eigenvalue weighted by Gasteiger charge is -2.33. The van der Waals surface area contributed by atoms with E-state index in [2.05, 4.69) is 40.0 Å². The molecule has 80 valence electrons. The summed E-state index contributed by atoms with van der Waals surface area (Å²) in [5.41, 5.74) is 3.26. The second kappa shape index (κ2) is 5.61. The van der Waals surface area contributed by atoms with Crippen LogP contribution < -0.4 is 11.3 Å². The Hall–Kier alpha value is -0.0800. The minimum atomic E-state index is 0.309. The SMILES string of the molecule is CCC(C)(C)C(CCC(C)C)NN. The highest BCUT2D eigenvalue weighted by atomic mass is 15.2. The molecule has 0 bridgehead atoms. The molecule has 13 heavy (non-hydrogen) atoms. The fourth-order valence-corrected chi connectivity index (χ4v) is 1.45. The van der Waals surface area contributed by atoms with E-state index in [1.165, 1.54) is 19.3 Å². The topological polar surface area (TPSA) is 38.0 Å². The highest BCUT2D eigenvalue weighted by Gasteiger charge is 2.26. The van der Waals surface area contributed by atoms with Crippen LogP contribution in [-0.2, 0) is 0 Å². The largest absolute Gasteiger partial charge is 0.271 e. The van der Waals surface area contributed by atoms with Gasteiger partial charge in [-0.05, 0) is 30.6 Å². The van der Waals surface area contributed by atoms with Crippen LogP contribution in [0.3, 0.4) is 0 Å². The molecule has 1 unspecified atom stereocenters. The second-order valence-corrected chi connectivity index (χ2v) is 5.03. The van der Waals surface area contributed by atoms with Gasteiger partial charge >= 0.3 is 0 Å². The average Bonchev–Trinajstić information content (AvgIpc) is 2.04. The molecule has 0 aromatic heterocycles. The molecule has 0 aliphatic heterocycles. The van der Waals surface area contributed by atoms with Gasteiger partial charge in [0.05, 0.1) is 0 Å². The third-order valence-electron chi connectivity index (χ3n) is 3.09. The monoisotopic (exact) mass is 186 g/mol. The van der Waals surface area contributed by atoms with Crippen molar-refractivity contribution in [2.75, 3.05) is 0 Å². The zero-order chi connectivity index (χ0) is 10.5. The summed E-state index contributed by atoms with van der Waals surface area (Å²) >= 11 is 0. The van der Waals surface area contributed by atoms with E-state index in [9.17, 15) is 0 Å². The van der Waals surface area contributed by atoms with Crippen LogP contribution >= 0.6 is 0 Å². The van der Waals surface area contributed by atoms with Crippen LogP contribution in [0.2, 0.25) is 0 Å². The van der Waals surface area contributed by atoms with Crippen LogP contribution in [0, 0.1) is 11.3 Å². The number of hydrogen-bond donors (Lipinski definition) is 2. The predicted molar refractivity (Wildman–Crippen MR) is 59.3 cm³/mol. The molecule has 0 saturated carbocycles. The molecule has 2 nitrogen and oxygen atoms in total. The van der Waals surface area contributed by atoms with Gasteiger partial charge in [-0.2, -0.15) is 0 Å².